The summed E-state index contributed by atoms with van der Waals surface area (Å²) in [4.78, 5) is 0. The van der Waals surface area contributed by atoms with Crippen LogP contribution in [0.4, 0.5) is 0 Å². The van der Waals surface area contributed by atoms with E-state index in [1.165, 1.54) is 19.3 Å². The van der Waals surface area contributed by atoms with E-state index in [0.717, 1.165) is 18.8 Å². The van der Waals surface area contributed by atoms with Gasteiger partial charge in [-0.25, -0.2) is 0 Å². The van der Waals surface area contributed by atoms with E-state index in [4.69, 9.17) is 14.9 Å². The second-order valence-electron chi connectivity index (χ2n) is 4.22. The fourth-order valence-corrected chi connectivity index (χ4v) is 2.01. The van der Waals surface area contributed by atoms with Crippen LogP contribution in [0.3, 0.4) is 0 Å². The first kappa shape index (κ1) is 12.0. The first-order valence-corrected chi connectivity index (χ1v) is 5.66. The van der Waals surface area contributed by atoms with Gasteiger partial charge in [-0.3, -0.25) is 0 Å². The Balaban J connectivity index is 2.10. The largest absolute Gasteiger partial charge is 0.394 e. The highest BCUT2D eigenvalue weighted by atomic mass is 16.5. The Hall–Kier alpha value is -0.120. The van der Waals surface area contributed by atoms with Gasteiger partial charge >= 0.3 is 0 Å². The first-order valence-electron chi connectivity index (χ1n) is 5.66. The zero-order chi connectivity index (χ0) is 10.4. The van der Waals surface area contributed by atoms with Gasteiger partial charge in [-0.2, -0.15) is 0 Å². The summed E-state index contributed by atoms with van der Waals surface area (Å²) in [7, 11) is 0. The highest BCUT2D eigenvalue weighted by Gasteiger charge is 2.20. The summed E-state index contributed by atoms with van der Waals surface area (Å²) >= 11 is 0. The molecule has 0 aliphatic heterocycles. The molecule has 3 nitrogen and oxygen atoms in total. The fraction of sp³-hybridized carbons (Fsp3) is 1.00. The second-order valence-corrected chi connectivity index (χ2v) is 4.22. The standard InChI is InChI=1S/C11H22O3/c1-2-9-3-5-11(6-4-9)14-8-10(13)7-12/h9-13H,2-8H2,1H3. The Morgan fingerprint density at radius 2 is 1.93 bits per heavy atom. The molecule has 0 aromatic carbocycles. The minimum atomic E-state index is -0.709. The molecule has 3 heteroatoms. The number of aliphatic hydroxyl groups excluding tert-OH is 2. The molecule has 0 aromatic rings. The van der Waals surface area contributed by atoms with E-state index in [1.807, 2.05) is 0 Å². The van der Waals surface area contributed by atoms with E-state index < -0.39 is 6.10 Å². The quantitative estimate of drug-likeness (QED) is 0.707. The van der Waals surface area contributed by atoms with Crippen LogP contribution < -0.4 is 0 Å². The summed E-state index contributed by atoms with van der Waals surface area (Å²) in [6.45, 7) is 2.31. The van der Waals surface area contributed by atoms with Crippen LogP contribution in [-0.4, -0.2) is 35.6 Å². The molecule has 0 aromatic heterocycles. The predicted molar refractivity (Wildman–Crippen MR) is 55.1 cm³/mol. The van der Waals surface area contributed by atoms with Crippen molar-refractivity contribution in [2.24, 2.45) is 5.92 Å². The molecule has 1 atom stereocenters. The number of hydrogen-bond acceptors (Lipinski definition) is 3. The smallest absolute Gasteiger partial charge is 0.100 e. The minimum absolute atomic E-state index is 0.204. The van der Waals surface area contributed by atoms with Crippen molar-refractivity contribution < 1.29 is 14.9 Å². The van der Waals surface area contributed by atoms with Gasteiger partial charge in [0.15, 0.2) is 0 Å². The maximum Gasteiger partial charge on any atom is 0.100 e. The third kappa shape index (κ3) is 3.95. The maximum atomic E-state index is 9.11. The van der Waals surface area contributed by atoms with Crippen molar-refractivity contribution in [3.05, 3.63) is 0 Å². The van der Waals surface area contributed by atoms with Gasteiger partial charge in [0.25, 0.3) is 0 Å². The normalized spacial score (nSPS) is 30.2. The van der Waals surface area contributed by atoms with Gasteiger partial charge in [-0.15, -0.1) is 0 Å². The predicted octanol–water partition coefficient (Wildman–Crippen LogP) is 1.32. The molecule has 2 N–H and O–H groups in total. The van der Waals surface area contributed by atoms with Crippen LogP contribution in [0.25, 0.3) is 0 Å². The van der Waals surface area contributed by atoms with Crippen molar-refractivity contribution >= 4 is 0 Å². The van der Waals surface area contributed by atoms with Crippen LogP contribution in [0.2, 0.25) is 0 Å². The van der Waals surface area contributed by atoms with Crippen molar-refractivity contribution in [3.63, 3.8) is 0 Å². The van der Waals surface area contributed by atoms with E-state index in [2.05, 4.69) is 6.92 Å². The van der Waals surface area contributed by atoms with Crippen LogP contribution in [0.1, 0.15) is 39.0 Å². The Morgan fingerprint density at radius 1 is 1.29 bits per heavy atom. The van der Waals surface area contributed by atoms with Gasteiger partial charge in [0, 0.05) is 0 Å². The number of ether oxygens (including phenoxy) is 1. The van der Waals surface area contributed by atoms with Crippen LogP contribution >= 0.6 is 0 Å². The lowest BCUT2D eigenvalue weighted by Gasteiger charge is -2.28. The lowest BCUT2D eigenvalue weighted by atomic mass is 9.86. The summed E-state index contributed by atoms with van der Waals surface area (Å²) < 4.78 is 5.52. The first-order chi connectivity index (χ1) is 6.76. The van der Waals surface area contributed by atoms with E-state index >= 15 is 0 Å². The fourth-order valence-electron chi connectivity index (χ4n) is 2.01. The van der Waals surface area contributed by atoms with Gasteiger partial charge in [0.2, 0.25) is 0 Å². The number of hydrogen-bond donors (Lipinski definition) is 2. The number of rotatable bonds is 5. The highest BCUT2D eigenvalue weighted by Crippen LogP contribution is 2.28. The third-order valence-corrected chi connectivity index (χ3v) is 3.11. The van der Waals surface area contributed by atoms with Crippen LogP contribution in [0, 0.1) is 5.92 Å². The van der Waals surface area contributed by atoms with Crippen molar-refractivity contribution in [1.82, 2.24) is 0 Å². The molecule has 1 unspecified atom stereocenters. The van der Waals surface area contributed by atoms with Crippen molar-refractivity contribution in [1.29, 1.82) is 0 Å². The Bertz CT molecular complexity index is 141. The lowest BCUT2D eigenvalue weighted by Crippen LogP contribution is -2.27. The summed E-state index contributed by atoms with van der Waals surface area (Å²) in [6.07, 6.45) is 5.57. The molecule has 0 spiro atoms. The number of aliphatic hydroxyl groups is 2. The topological polar surface area (TPSA) is 49.7 Å². The van der Waals surface area contributed by atoms with E-state index in [0.29, 0.717) is 6.10 Å². The minimum Gasteiger partial charge on any atom is -0.394 e. The molecule has 0 heterocycles. The van der Waals surface area contributed by atoms with Crippen LogP contribution in [-0.2, 0) is 4.74 Å². The molecule has 1 rings (SSSR count). The Morgan fingerprint density at radius 3 is 2.43 bits per heavy atom. The van der Waals surface area contributed by atoms with Crippen molar-refractivity contribution in [3.8, 4) is 0 Å². The molecule has 1 fully saturated rings. The molecule has 14 heavy (non-hydrogen) atoms. The highest BCUT2D eigenvalue weighted by molar-refractivity contribution is 4.72. The molecule has 0 bridgehead atoms. The van der Waals surface area contributed by atoms with Crippen molar-refractivity contribution in [2.75, 3.05) is 13.2 Å². The van der Waals surface area contributed by atoms with Crippen LogP contribution in [0.5, 0.6) is 0 Å². The molecule has 1 aliphatic carbocycles. The zero-order valence-corrected chi connectivity index (χ0v) is 8.98. The zero-order valence-electron chi connectivity index (χ0n) is 8.98. The molecular weight excluding hydrogens is 180 g/mol. The van der Waals surface area contributed by atoms with Gasteiger partial charge in [-0.05, 0) is 31.6 Å². The molecule has 0 radical (unpaired) electrons. The van der Waals surface area contributed by atoms with Gasteiger partial charge in [0.1, 0.15) is 6.10 Å². The van der Waals surface area contributed by atoms with E-state index in [1.54, 1.807) is 0 Å². The maximum absolute atomic E-state index is 9.11. The molecular formula is C11H22O3. The Kier molecular flexibility index (Phi) is 5.45. The van der Waals surface area contributed by atoms with Gasteiger partial charge in [-0.1, -0.05) is 13.3 Å². The summed E-state index contributed by atoms with van der Waals surface area (Å²) in [5, 5.41) is 17.7. The molecule has 84 valence electrons. The van der Waals surface area contributed by atoms with Crippen molar-refractivity contribution in [2.45, 2.75) is 51.2 Å². The van der Waals surface area contributed by atoms with Crippen LogP contribution in [0.15, 0.2) is 0 Å². The Labute approximate surface area is 86.1 Å². The molecule has 0 amide bonds. The van der Waals surface area contributed by atoms with Gasteiger partial charge in [0.05, 0.1) is 19.3 Å². The second kappa shape index (κ2) is 6.38. The lowest BCUT2D eigenvalue weighted by molar-refractivity contribution is -0.0442. The average molecular weight is 202 g/mol. The SMILES string of the molecule is CCC1CCC(OCC(O)CO)CC1. The van der Waals surface area contributed by atoms with E-state index in [-0.39, 0.29) is 13.2 Å². The summed E-state index contributed by atoms with van der Waals surface area (Å²) in [5.74, 6) is 0.873. The molecule has 1 aliphatic rings. The summed E-state index contributed by atoms with van der Waals surface area (Å²) in [5.41, 5.74) is 0. The summed E-state index contributed by atoms with van der Waals surface area (Å²) in [6, 6.07) is 0. The van der Waals surface area contributed by atoms with E-state index in [9.17, 15) is 0 Å². The molecule has 1 saturated carbocycles. The molecule has 0 saturated heterocycles. The average Bonchev–Trinajstić information content (AvgIpc) is 2.26. The third-order valence-electron chi connectivity index (χ3n) is 3.11. The monoisotopic (exact) mass is 202 g/mol. The van der Waals surface area contributed by atoms with Gasteiger partial charge < -0.3 is 14.9 Å².